The van der Waals surface area contributed by atoms with Gasteiger partial charge in [0.1, 0.15) is 0 Å². The van der Waals surface area contributed by atoms with E-state index < -0.39 is 5.60 Å². The Morgan fingerprint density at radius 2 is 2.05 bits per heavy atom. The zero-order chi connectivity index (χ0) is 14.0. The second-order valence-corrected chi connectivity index (χ2v) is 6.34. The maximum absolute atomic E-state index is 9.82. The molecular formula is C15H20N2OS. The summed E-state index contributed by atoms with van der Waals surface area (Å²) in [5.41, 5.74) is 2.98. The largest absolute Gasteiger partial charge is 0.390 e. The summed E-state index contributed by atoms with van der Waals surface area (Å²) in [6, 6.07) is 6.26. The van der Waals surface area contributed by atoms with Gasteiger partial charge in [-0.15, -0.1) is 0 Å². The van der Waals surface area contributed by atoms with Gasteiger partial charge in [-0.2, -0.15) is 0 Å². The summed E-state index contributed by atoms with van der Waals surface area (Å²) < 4.78 is 2.08. The number of aryl methyl sites for hydroxylation is 1. The molecule has 102 valence electrons. The van der Waals surface area contributed by atoms with Gasteiger partial charge in [0.05, 0.1) is 11.3 Å². The summed E-state index contributed by atoms with van der Waals surface area (Å²) in [7, 11) is 0. The van der Waals surface area contributed by atoms with Crippen LogP contribution in [0.1, 0.15) is 25.0 Å². The van der Waals surface area contributed by atoms with Crippen molar-refractivity contribution in [2.45, 2.75) is 38.5 Å². The van der Waals surface area contributed by atoms with Crippen LogP contribution in [0.15, 0.2) is 35.7 Å². The van der Waals surface area contributed by atoms with Gasteiger partial charge in [0.15, 0.2) is 5.16 Å². The van der Waals surface area contributed by atoms with Gasteiger partial charge in [-0.1, -0.05) is 23.9 Å². The number of aromatic nitrogens is 2. The first-order valence-electron chi connectivity index (χ1n) is 6.33. The van der Waals surface area contributed by atoms with E-state index in [0.717, 1.165) is 10.8 Å². The summed E-state index contributed by atoms with van der Waals surface area (Å²) in [6.07, 6.45) is 3.77. The van der Waals surface area contributed by atoms with Crippen LogP contribution in [0.2, 0.25) is 0 Å². The van der Waals surface area contributed by atoms with Crippen LogP contribution in [-0.4, -0.2) is 26.0 Å². The van der Waals surface area contributed by atoms with Gasteiger partial charge in [-0.25, -0.2) is 4.98 Å². The van der Waals surface area contributed by atoms with Crippen LogP contribution in [0.5, 0.6) is 0 Å². The number of hydrogen-bond acceptors (Lipinski definition) is 3. The molecule has 0 aliphatic heterocycles. The zero-order valence-electron chi connectivity index (χ0n) is 11.8. The molecule has 0 saturated carbocycles. The lowest BCUT2D eigenvalue weighted by molar-refractivity contribution is 0.107. The smallest absolute Gasteiger partial charge is 0.172 e. The quantitative estimate of drug-likeness (QED) is 0.870. The SMILES string of the molecule is Cc1cccc(-n2ccnc2SCC(C)(C)O)c1C. The van der Waals surface area contributed by atoms with Gasteiger partial charge in [0.25, 0.3) is 0 Å². The third-order valence-corrected chi connectivity index (χ3v) is 4.41. The number of nitrogens with zero attached hydrogens (tertiary/aromatic N) is 2. The Labute approximate surface area is 118 Å². The van der Waals surface area contributed by atoms with Crippen LogP contribution in [0.25, 0.3) is 5.69 Å². The van der Waals surface area contributed by atoms with Gasteiger partial charge in [-0.05, 0) is 44.9 Å². The predicted molar refractivity (Wildman–Crippen MR) is 80.1 cm³/mol. The lowest BCUT2D eigenvalue weighted by Crippen LogP contribution is -2.22. The molecule has 2 aromatic rings. The minimum atomic E-state index is -0.691. The number of thioether (sulfide) groups is 1. The summed E-state index contributed by atoms with van der Waals surface area (Å²) in [5, 5.41) is 10.7. The predicted octanol–water partition coefficient (Wildman–Crippen LogP) is 3.35. The van der Waals surface area contributed by atoms with Gasteiger partial charge >= 0.3 is 0 Å². The minimum Gasteiger partial charge on any atom is -0.390 e. The zero-order valence-corrected chi connectivity index (χ0v) is 12.7. The molecule has 0 unspecified atom stereocenters. The van der Waals surface area contributed by atoms with Crippen LogP contribution in [0.3, 0.4) is 0 Å². The topological polar surface area (TPSA) is 38.0 Å². The fraction of sp³-hybridized carbons (Fsp3) is 0.400. The Bertz CT molecular complexity index is 570. The van der Waals surface area contributed by atoms with Gasteiger partial charge in [0.2, 0.25) is 0 Å². The average molecular weight is 276 g/mol. The second kappa shape index (κ2) is 5.39. The molecule has 0 aliphatic carbocycles. The number of aliphatic hydroxyl groups is 1. The molecule has 2 rings (SSSR count). The lowest BCUT2D eigenvalue weighted by Gasteiger charge is -2.17. The first kappa shape index (κ1) is 14.2. The van der Waals surface area contributed by atoms with Crippen molar-refractivity contribution in [1.82, 2.24) is 9.55 Å². The molecule has 0 radical (unpaired) electrons. The average Bonchev–Trinajstić information content (AvgIpc) is 2.77. The molecule has 1 heterocycles. The Morgan fingerprint density at radius 3 is 2.74 bits per heavy atom. The van der Waals surface area contributed by atoms with Crippen LogP contribution in [0.4, 0.5) is 0 Å². The number of hydrogen-bond donors (Lipinski definition) is 1. The summed E-state index contributed by atoms with van der Waals surface area (Å²) in [5.74, 6) is 0.620. The van der Waals surface area contributed by atoms with Gasteiger partial charge in [0, 0.05) is 18.1 Å². The molecule has 0 saturated heterocycles. The molecule has 0 aliphatic rings. The standard InChI is InChI=1S/C15H20N2OS/c1-11-6-5-7-13(12(11)2)17-9-8-16-14(17)19-10-15(3,4)18/h5-9,18H,10H2,1-4H3. The van der Waals surface area contributed by atoms with Crippen molar-refractivity contribution in [3.05, 3.63) is 41.7 Å². The fourth-order valence-electron chi connectivity index (χ4n) is 1.82. The van der Waals surface area contributed by atoms with E-state index in [1.807, 2.05) is 20.0 Å². The molecule has 3 nitrogen and oxygen atoms in total. The minimum absolute atomic E-state index is 0.620. The highest BCUT2D eigenvalue weighted by molar-refractivity contribution is 7.99. The fourth-order valence-corrected chi connectivity index (χ4v) is 2.73. The highest BCUT2D eigenvalue weighted by Gasteiger charge is 2.16. The van der Waals surface area contributed by atoms with E-state index in [-0.39, 0.29) is 0 Å². The molecule has 1 aromatic carbocycles. The van der Waals surface area contributed by atoms with Crippen molar-refractivity contribution in [3.63, 3.8) is 0 Å². The molecule has 19 heavy (non-hydrogen) atoms. The molecule has 1 N–H and O–H groups in total. The summed E-state index contributed by atoms with van der Waals surface area (Å²) >= 11 is 1.57. The number of imidazole rings is 1. The Kier molecular flexibility index (Phi) is 4.02. The van der Waals surface area contributed by atoms with E-state index in [9.17, 15) is 5.11 Å². The molecule has 4 heteroatoms. The highest BCUT2D eigenvalue weighted by atomic mass is 32.2. The molecule has 0 fully saturated rings. The first-order valence-corrected chi connectivity index (χ1v) is 7.32. The maximum Gasteiger partial charge on any atom is 0.172 e. The van der Waals surface area contributed by atoms with Crippen molar-refractivity contribution in [2.24, 2.45) is 0 Å². The Morgan fingerprint density at radius 1 is 1.32 bits per heavy atom. The Hall–Kier alpha value is -1.26. The van der Waals surface area contributed by atoms with Crippen molar-refractivity contribution in [1.29, 1.82) is 0 Å². The summed E-state index contributed by atoms with van der Waals surface area (Å²) in [4.78, 5) is 4.38. The van der Waals surface area contributed by atoms with E-state index >= 15 is 0 Å². The van der Waals surface area contributed by atoms with Crippen molar-refractivity contribution >= 4 is 11.8 Å². The monoisotopic (exact) mass is 276 g/mol. The number of benzene rings is 1. The third-order valence-electron chi connectivity index (χ3n) is 3.00. The van der Waals surface area contributed by atoms with Crippen molar-refractivity contribution in [2.75, 3.05) is 5.75 Å². The first-order chi connectivity index (χ1) is 8.88. The summed E-state index contributed by atoms with van der Waals surface area (Å²) in [6.45, 7) is 7.85. The lowest BCUT2D eigenvalue weighted by atomic mass is 10.1. The second-order valence-electron chi connectivity index (χ2n) is 5.40. The van der Waals surface area contributed by atoms with E-state index in [1.54, 1.807) is 18.0 Å². The Balaban J connectivity index is 2.31. The normalized spacial score (nSPS) is 11.8. The molecular weight excluding hydrogens is 256 g/mol. The van der Waals surface area contributed by atoms with E-state index in [1.165, 1.54) is 11.1 Å². The van der Waals surface area contributed by atoms with Crippen LogP contribution >= 0.6 is 11.8 Å². The van der Waals surface area contributed by atoms with Crippen LogP contribution in [0, 0.1) is 13.8 Å². The van der Waals surface area contributed by atoms with E-state index in [0.29, 0.717) is 5.75 Å². The molecule has 0 atom stereocenters. The van der Waals surface area contributed by atoms with Gasteiger partial charge < -0.3 is 5.11 Å². The molecule has 0 spiro atoms. The number of rotatable bonds is 4. The third kappa shape index (κ3) is 3.39. The molecule has 1 aromatic heterocycles. The van der Waals surface area contributed by atoms with Crippen LogP contribution in [-0.2, 0) is 0 Å². The van der Waals surface area contributed by atoms with Crippen molar-refractivity contribution < 1.29 is 5.11 Å². The maximum atomic E-state index is 9.82. The van der Waals surface area contributed by atoms with E-state index in [2.05, 4.69) is 41.6 Å². The van der Waals surface area contributed by atoms with E-state index in [4.69, 9.17) is 0 Å². The van der Waals surface area contributed by atoms with Crippen LogP contribution < -0.4 is 0 Å². The van der Waals surface area contributed by atoms with Gasteiger partial charge in [-0.3, -0.25) is 4.57 Å². The van der Waals surface area contributed by atoms with Crippen molar-refractivity contribution in [3.8, 4) is 5.69 Å². The molecule has 0 amide bonds. The highest BCUT2D eigenvalue weighted by Crippen LogP contribution is 2.26. The molecule has 0 bridgehead atoms.